The Bertz CT molecular complexity index is 1280. The average Bonchev–Trinajstić information content (AvgIpc) is 3.02. The van der Waals surface area contributed by atoms with Crippen LogP contribution in [0.5, 0.6) is 11.5 Å². The van der Waals surface area contributed by atoms with Crippen LogP contribution in [0.2, 0.25) is 0 Å². The smallest absolute Gasteiger partial charge is 0.129 e. The molecule has 0 aliphatic carbocycles. The summed E-state index contributed by atoms with van der Waals surface area (Å²) in [6.45, 7) is 4.26. The van der Waals surface area contributed by atoms with Crippen molar-refractivity contribution in [2.24, 2.45) is 0 Å². The molecular weight excluding hydrogens is 408 g/mol. The molecule has 2 aliphatic heterocycles. The molecule has 0 atom stereocenters. The number of hydrogen-bond acceptors (Lipinski definition) is 3. The summed E-state index contributed by atoms with van der Waals surface area (Å²) >= 11 is 0. The normalized spacial score (nSPS) is 15.2. The van der Waals surface area contributed by atoms with Gasteiger partial charge in [-0.3, -0.25) is 0 Å². The second kappa shape index (κ2) is 8.95. The Morgan fingerprint density at radius 2 is 1.55 bits per heavy atom. The summed E-state index contributed by atoms with van der Waals surface area (Å²) in [6.07, 6.45) is 4.56. The number of para-hydroxylation sites is 1. The lowest BCUT2D eigenvalue weighted by molar-refractivity contribution is 0.219. The van der Waals surface area contributed by atoms with Crippen molar-refractivity contribution in [2.75, 3.05) is 26.3 Å². The van der Waals surface area contributed by atoms with E-state index in [-0.39, 0.29) is 0 Å². The van der Waals surface area contributed by atoms with E-state index in [2.05, 4.69) is 58.4 Å². The molecule has 168 valence electrons. The zero-order valence-corrected chi connectivity index (χ0v) is 19.0. The molecule has 4 nitrogen and oxygen atoms in total. The van der Waals surface area contributed by atoms with Crippen LogP contribution in [0.3, 0.4) is 0 Å². The molecule has 1 N–H and O–H groups in total. The van der Waals surface area contributed by atoms with Crippen LogP contribution in [0, 0.1) is 0 Å². The highest BCUT2D eigenvalue weighted by Crippen LogP contribution is 2.39. The average molecular weight is 439 g/mol. The second-order valence-electron chi connectivity index (χ2n) is 8.94. The number of rotatable bonds is 6. The summed E-state index contributed by atoms with van der Waals surface area (Å²) in [7, 11) is 0. The molecule has 0 saturated carbocycles. The van der Waals surface area contributed by atoms with E-state index in [4.69, 9.17) is 9.47 Å². The van der Waals surface area contributed by atoms with Gasteiger partial charge in [0.2, 0.25) is 0 Å². The number of benzene rings is 3. The minimum Gasteiger partial charge on any atom is -0.489 e. The van der Waals surface area contributed by atoms with Gasteiger partial charge in [-0.25, -0.2) is 0 Å². The van der Waals surface area contributed by atoms with Crippen LogP contribution < -0.4 is 14.8 Å². The quantitative estimate of drug-likeness (QED) is 0.410. The molecule has 6 rings (SSSR count). The Labute approximate surface area is 195 Å². The second-order valence-corrected chi connectivity index (χ2v) is 8.94. The van der Waals surface area contributed by atoms with E-state index in [0.29, 0.717) is 13.2 Å². The molecule has 2 aliphatic rings. The third-order valence-electron chi connectivity index (χ3n) is 6.96. The number of aryl methyl sites for hydroxylation is 2. The first-order valence-electron chi connectivity index (χ1n) is 12.2. The first-order chi connectivity index (χ1) is 16.4. The molecule has 0 unspecified atom stereocenters. The zero-order valence-electron chi connectivity index (χ0n) is 19.0. The summed E-state index contributed by atoms with van der Waals surface area (Å²) < 4.78 is 15.1. The molecule has 0 fully saturated rings. The Hall–Kier alpha value is -3.24. The van der Waals surface area contributed by atoms with Crippen molar-refractivity contribution in [1.29, 1.82) is 0 Å². The number of ether oxygens (including phenoxy) is 2. The fourth-order valence-corrected chi connectivity index (χ4v) is 5.51. The summed E-state index contributed by atoms with van der Waals surface area (Å²) in [5.41, 5.74) is 8.17. The van der Waals surface area contributed by atoms with Crippen LogP contribution in [0.15, 0.2) is 66.7 Å². The van der Waals surface area contributed by atoms with E-state index in [9.17, 15) is 0 Å². The molecule has 4 aromatic rings. The van der Waals surface area contributed by atoms with E-state index in [0.717, 1.165) is 56.0 Å². The zero-order chi connectivity index (χ0) is 22.0. The van der Waals surface area contributed by atoms with E-state index in [1.807, 2.05) is 18.2 Å². The molecule has 33 heavy (non-hydrogen) atoms. The predicted molar refractivity (Wildman–Crippen MR) is 133 cm³/mol. The Balaban J connectivity index is 1.23. The maximum Gasteiger partial charge on any atom is 0.129 e. The Kier molecular flexibility index (Phi) is 5.53. The van der Waals surface area contributed by atoms with Crippen molar-refractivity contribution in [3.8, 4) is 22.6 Å². The van der Waals surface area contributed by atoms with Crippen LogP contribution in [0.25, 0.3) is 22.0 Å². The number of nitrogens with zero attached hydrogens (tertiary/aromatic N) is 1. The molecule has 3 heterocycles. The van der Waals surface area contributed by atoms with Gasteiger partial charge in [-0.2, -0.15) is 0 Å². The van der Waals surface area contributed by atoms with E-state index >= 15 is 0 Å². The Morgan fingerprint density at radius 3 is 2.45 bits per heavy atom. The van der Waals surface area contributed by atoms with Crippen LogP contribution in [0.4, 0.5) is 0 Å². The summed E-state index contributed by atoms with van der Waals surface area (Å²) in [5, 5.41) is 4.91. The highest BCUT2D eigenvalue weighted by atomic mass is 16.5. The number of fused-ring (bicyclic) bond motifs is 3. The molecular formula is C29H30N2O2. The fraction of sp³-hybridized carbons (Fsp3) is 0.310. The molecule has 3 aromatic carbocycles. The van der Waals surface area contributed by atoms with Crippen molar-refractivity contribution >= 4 is 10.9 Å². The maximum absolute atomic E-state index is 6.37. The minimum atomic E-state index is 0.511. The molecule has 0 radical (unpaired) electrons. The van der Waals surface area contributed by atoms with Gasteiger partial charge in [-0.1, -0.05) is 54.6 Å². The first-order valence-corrected chi connectivity index (χ1v) is 12.2. The van der Waals surface area contributed by atoms with Crippen LogP contribution in [-0.4, -0.2) is 30.9 Å². The van der Waals surface area contributed by atoms with Crippen molar-refractivity contribution in [2.45, 2.75) is 32.2 Å². The van der Waals surface area contributed by atoms with E-state index < -0.39 is 0 Å². The van der Waals surface area contributed by atoms with Crippen molar-refractivity contribution < 1.29 is 9.47 Å². The highest BCUT2D eigenvalue weighted by molar-refractivity contribution is 5.94. The van der Waals surface area contributed by atoms with Gasteiger partial charge in [0.1, 0.15) is 24.7 Å². The number of aromatic nitrogens is 1. The third kappa shape index (κ3) is 3.79. The summed E-state index contributed by atoms with van der Waals surface area (Å²) in [5.74, 6) is 1.90. The lowest BCUT2D eigenvalue weighted by atomic mass is 10.0. The first kappa shape index (κ1) is 20.4. The minimum absolute atomic E-state index is 0.511. The number of hydrogen-bond donors (Lipinski definition) is 1. The standard InChI is InChI=1S/C29H30N2O2/c1-2-7-21(8-3-1)23-10-4-5-11-26(23)32-19-20-33-27-13-12-22-9-6-18-31-25-15-17-30-16-14-24(25)28(27)29(22)31/h1-5,7-8,10-13,30H,6,9,14-20H2. The maximum atomic E-state index is 6.37. The van der Waals surface area contributed by atoms with Crippen molar-refractivity contribution in [3.63, 3.8) is 0 Å². The highest BCUT2D eigenvalue weighted by Gasteiger charge is 2.25. The largest absolute Gasteiger partial charge is 0.489 e. The predicted octanol–water partition coefficient (Wildman–Crippen LogP) is 5.40. The molecule has 1 aromatic heterocycles. The van der Waals surface area contributed by atoms with Gasteiger partial charge >= 0.3 is 0 Å². The van der Waals surface area contributed by atoms with E-state index in [1.54, 1.807) is 0 Å². The van der Waals surface area contributed by atoms with Crippen LogP contribution in [-0.2, 0) is 25.8 Å². The van der Waals surface area contributed by atoms with Gasteiger partial charge in [-0.05, 0) is 54.6 Å². The van der Waals surface area contributed by atoms with Gasteiger partial charge in [0.05, 0.1) is 5.52 Å². The third-order valence-corrected chi connectivity index (χ3v) is 6.96. The molecule has 0 spiro atoms. The lowest BCUT2D eigenvalue weighted by Gasteiger charge is -2.19. The van der Waals surface area contributed by atoms with Crippen molar-refractivity contribution in [3.05, 3.63) is 83.6 Å². The van der Waals surface area contributed by atoms with Crippen LogP contribution in [0.1, 0.15) is 23.2 Å². The van der Waals surface area contributed by atoms with E-state index in [1.165, 1.54) is 39.7 Å². The van der Waals surface area contributed by atoms with Gasteiger partial charge in [0, 0.05) is 36.2 Å². The fourth-order valence-electron chi connectivity index (χ4n) is 5.51. The van der Waals surface area contributed by atoms with Gasteiger partial charge in [0.25, 0.3) is 0 Å². The van der Waals surface area contributed by atoms with Crippen molar-refractivity contribution in [1.82, 2.24) is 9.88 Å². The molecule has 4 heteroatoms. The summed E-state index contributed by atoms with van der Waals surface area (Å²) in [6, 6.07) is 23.1. The van der Waals surface area contributed by atoms with Gasteiger partial charge < -0.3 is 19.4 Å². The lowest BCUT2D eigenvalue weighted by Crippen LogP contribution is -2.18. The van der Waals surface area contributed by atoms with Gasteiger partial charge in [0.15, 0.2) is 0 Å². The Morgan fingerprint density at radius 1 is 0.758 bits per heavy atom. The topological polar surface area (TPSA) is 35.4 Å². The summed E-state index contributed by atoms with van der Waals surface area (Å²) in [4.78, 5) is 0. The van der Waals surface area contributed by atoms with Crippen LogP contribution >= 0.6 is 0 Å². The molecule has 0 saturated heterocycles. The molecule has 0 amide bonds. The van der Waals surface area contributed by atoms with Gasteiger partial charge in [-0.15, -0.1) is 0 Å². The SMILES string of the molecule is c1ccc(-c2ccccc2OCCOc2ccc3c4c2c2c(n4CCC3)CCNCC2)cc1. The monoisotopic (exact) mass is 438 g/mol. The molecule has 0 bridgehead atoms. The number of nitrogens with one attached hydrogen (secondary N) is 1.